The minimum Gasteiger partial charge on any atom is -0.340 e. The molecule has 0 saturated carbocycles. The Balaban J connectivity index is 2.38. The number of piperazine rings is 1. The quantitative estimate of drug-likeness (QED) is 0.925. The molecule has 6 heteroatoms. The molecule has 2 amide bonds. The van der Waals surface area contributed by atoms with Gasteiger partial charge in [-0.25, -0.2) is 4.98 Å². The van der Waals surface area contributed by atoms with Gasteiger partial charge in [-0.3, -0.25) is 9.59 Å². The highest BCUT2D eigenvalue weighted by molar-refractivity contribution is 7.09. The molecule has 1 aromatic rings. The number of amides is 2. The lowest BCUT2D eigenvalue weighted by molar-refractivity contribution is -0.157. The van der Waals surface area contributed by atoms with E-state index in [0.717, 1.165) is 5.01 Å². The van der Waals surface area contributed by atoms with Gasteiger partial charge in [0.25, 0.3) is 0 Å². The second-order valence-corrected chi connectivity index (χ2v) is 6.14. The Hall–Kier alpha value is -1.43. The molecule has 0 radical (unpaired) electrons. The number of rotatable bonds is 4. The van der Waals surface area contributed by atoms with Crippen molar-refractivity contribution in [3.05, 3.63) is 16.6 Å². The van der Waals surface area contributed by atoms with Crippen molar-refractivity contribution < 1.29 is 9.59 Å². The van der Waals surface area contributed by atoms with Crippen molar-refractivity contribution >= 4 is 23.2 Å². The van der Waals surface area contributed by atoms with Crippen LogP contribution in [0.15, 0.2) is 11.6 Å². The molecule has 110 valence electrons. The lowest BCUT2D eigenvalue weighted by Crippen LogP contribution is -2.69. The van der Waals surface area contributed by atoms with Crippen molar-refractivity contribution in [2.45, 2.75) is 58.2 Å². The molecule has 2 atom stereocenters. The minimum atomic E-state index is -0.769. The maximum atomic E-state index is 12.9. The number of nitrogens with zero attached hydrogens (tertiary/aromatic N) is 2. The summed E-state index contributed by atoms with van der Waals surface area (Å²) < 4.78 is 0. The van der Waals surface area contributed by atoms with Gasteiger partial charge in [0.05, 0.1) is 6.04 Å². The summed E-state index contributed by atoms with van der Waals surface area (Å²) in [5, 5.41) is 5.66. The molecule has 0 aromatic carbocycles. The Morgan fingerprint density at radius 3 is 2.60 bits per heavy atom. The molecule has 1 aliphatic rings. The maximum Gasteiger partial charge on any atom is 0.249 e. The predicted molar refractivity (Wildman–Crippen MR) is 78.3 cm³/mol. The van der Waals surface area contributed by atoms with Crippen LogP contribution in [0.1, 0.15) is 51.6 Å². The van der Waals surface area contributed by atoms with E-state index in [1.807, 2.05) is 26.2 Å². The number of nitrogens with one attached hydrogen (secondary N) is 1. The summed E-state index contributed by atoms with van der Waals surface area (Å²) >= 11 is 1.51. The molecular formula is C14H21N3O2S. The SMILES string of the molecule is CCC1(CC)NC(=O)C(C)N(C(C)c2nccs2)C1=O. The molecule has 2 unspecified atom stereocenters. The largest absolute Gasteiger partial charge is 0.340 e. The summed E-state index contributed by atoms with van der Waals surface area (Å²) in [5.74, 6) is -0.0889. The van der Waals surface area contributed by atoms with Gasteiger partial charge >= 0.3 is 0 Å². The molecule has 1 fully saturated rings. The first kappa shape index (κ1) is 15.0. The van der Waals surface area contributed by atoms with E-state index in [0.29, 0.717) is 12.8 Å². The zero-order chi connectivity index (χ0) is 14.9. The van der Waals surface area contributed by atoms with Gasteiger partial charge in [0.2, 0.25) is 11.8 Å². The van der Waals surface area contributed by atoms with Crippen molar-refractivity contribution in [1.29, 1.82) is 0 Å². The van der Waals surface area contributed by atoms with Gasteiger partial charge in [-0.15, -0.1) is 11.3 Å². The van der Waals surface area contributed by atoms with Crippen molar-refractivity contribution in [3.63, 3.8) is 0 Å². The van der Waals surface area contributed by atoms with E-state index in [4.69, 9.17) is 0 Å². The molecule has 1 aromatic heterocycles. The standard InChI is InChI=1S/C14H21N3O2S/c1-5-14(6-2)13(19)17(9(3)11(18)16-14)10(4)12-15-7-8-20-12/h7-10H,5-6H2,1-4H3,(H,16,18). The Bertz CT molecular complexity index is 497. The van der Waals surface area contributed by atoms with E-state index < -0.39 is 11.6 Å². The Labute approximate surface area is 123 Å². The third-order valence-corrected chi connectivity index (χ3v) is 5.18. The van der Waals surface area contributed by atoms with Gasteiger partial charge in [-0.1, -0.05) is 13.8 Å². The number of hydrogen-bond acceptors (Lipinski definition) is 4. The fraction of sp³-hybridized carbons (Fsp3) is 0.643. The first-order chi connectivity index (χ1) is 9.46. The van der Waals surface area contributed by atoms with E-state index in [-0.39, 0.29) is 17.9 Å². The molecule has 0 spiro atoms. The van der Waals surface area contributed by atoms with E-state index in [2.05, 4.69) is 10.3 Å². The smallest absolute Gasteiger partial charge is 0.249 e. The third kappa shape index (κ3) is 2.22. The number of aromatic nitrogens is 1. The molecule has 1 N–H and O–H groups in total. The second-order valence-electron chi connectivity index (χ2n) is 5.21. The topological polar surface area (TPSA) is 62.3 Å². The lowest BCUT2D eigenvalue weighted by Gasteiger charge is -2.46. The summed E-state index contributed by atoms with van der Waals surface area (Å²) in [6, 6.07) is -0.645. The second kappa shape index (κ2) is 5.52. The highest BCUT2D eigenvalue weighted by Gasteiger charge is 2.49. The fourth-order valence-electron chi connectivity index (χ4n) is 2.74. The van der Waals surface area contributed by atoms with Crippen molar-refractivity contribution in [2.24, 2.45) is 0 Å². The van der Waals surface area contributed by atoms with Gasteiger partial charge in [-0.05, 0) is 26.7 Å². The van der Waals surface area contributed by atoms with Gasteiger partial charge in [0.15, 0.2) is 0 Å². The number of hydrogen-bond donors (Lipinski definition) is 1. The maximum absolute atomic E-state index is 12.9. The van der Waals surface area contributed by atoms with Crippen LogP contribution in [-0.4, -0.2) is 33.3 Å². The monoisotopic (exact) mass is 295 g/mol. The van der Waals surface area contributed by atoms with Crippen LogP contribution in [0.5, 0.6) is 0 Å². The van der Waals surface area contributed by atoms with Crippen LogP contribution in [-0.2, 0) is 9.59 Å². The number of carbonyl (C=O) groups excluding carboxylic acids is 2. The average molecular weight is 295 g/mol. The Kier molecular flexibility index (Phi) is 4.13. The molecule has 1 aliphatic heterocycles. The van der Waals surface area contributed by atoms with Crippen LogP contribution in [0.25, 0.3) is 0 Å². The number of thiazole rings is 1. The summed E-state index contributed by atoms with van der Waals surface area (Å²) in [7, 11) is 0. The highest BCUT2D eigenvalue weighted by Crippen LogP contribution is 2.32. The van der Waals surface area contributed by atoms with E-state index in [1.54, 1.807) is 18.0 Å². The summed E-state index contributed by atoms with van der Waals surface area (Å²) in [6.45, 7) is 7.57. The Morgan fingerprint density at radius 1 is 1.45 bits per heavy atom. The molecule has 5 nitrogen and oxygen atoms in total. The van der Waals surface area contributed by atoms with Crippen LogP contribution < -0.4 is 5.32 Å². The predicted octanol–water partition coefficient (Wildman–Crippen LogP) is 2.11. The summed E-state index contributed by atoms with van der Waals surface area (Å²) in [5.41, 5.74) is -0.769. The van der Waals surface area contributed by atoms with Crippen molar-refractivity contribution in [2.75, 3.05) is 0 Å². The van der Waals surface area contributed by atoms with Gasteiger partial charge in [0.1, 0.15) is 16.6 Å². The molecule has 0 bridgehead atoms. The third-order valence-electron chi connectivity index (χ3n) is 4.24. The first-order valence-corrected chi connectivity index (χ1v) is 7.89. The van der Waals surface area contributed by atoms with Crippen molar-refractivity contribution in [1.82, 2.24) is 15.2 Å². The van der Waals surface area contributed by atoms with E-state index in [1.165, 1.54) is 11.3 Å². The van der Waals surface area contributed by atoms with E-state index in [9.17, 15) is 9.59 Å². The fourth-order valence-corrected chi connectivity index (χ4v) is 3.44. The molecule has 1 saturated heterocycles. The lowest BCUT2D eigenvalue weighted by atomic mass is 9.86. The van der Waals surface area contributed by atoms with Crippen LogP contribution >= 0.6 is 11.3 Å². The van der Waals surface area contributed by atoms with Gasteiger partial charge in [0, 0.05) is 11.6 Å². The summed E-state index contributed by atoms with van der Waals surface area (Å²) in [4.78, 5) is 31.1. The van der Waals surface area contributed by atoms with Crippen LogP contribution in [0.3, 0.4) is 0 Å². The minimum absolute atomic E-state index is 0.00250. The average Bonchev–Trinajstić information content (AvgIpc) is 2.97. The van der Waals surface area contributed by atoms with Gasteiger partial charge < -0.3 is 10.2 Å². The zero-order valence-electron chi connectivity index (χ0n) is 12.3. The molecule has 2 heterocycles. The van der Waals surface area contributed by atoms with Gasteiger partial charge in [-0.2, -0.15) is 0 Å². The summed E-state index contributed by atoms with van der Waals surface area (Å²) in [6.07, 6.45) is 2.92. The molecule has 20 heavy (non-hydrogen) atoms. The normalized spacial score (nSPS) is 23.6. The van der Waals surface area contributed by atoms with Crippen LogP contribution in [0.4, 0.5) is 0 Å². The Morgan fingerprint density at radius 2 is 2.10 bits per heavy atom. The van der Waals surface area contributed by atoms with Crippen LogP contribution in [0.2, 0.25) is 0 Å². The zero-order valence-corrected chi connectivity index (χ0v) is 13.2. The van der Waals surface area contributed by atoms with E-state index >= 15 is 0 Å². The molecular weight excluding hydrogens is 274 g/mol. The molecule has 2 rings (SSSR count). The van der Waals surface area contributed by atoms with Crippen molar-refractivity contribution in [3.8, 4) is 0 Å². The first-order valence-electron chi connectivity index (χ1n) is 7.01. The molecule has 0 aliphatic carbocycles. The number of carbonyl (C=O) groups is 2. The van der Waals surface area contributed by atoms with Crippen LogP contribution in [0, 0.1) is 0 Å². The highest BCUT2D eigenvalue weighted by atomic mass is 32.1.